The van der Waals surface area contributed by atoms with Crippen molar-refractivity contribution in [3.05, 3.63) is 41.3 Å². The summed E-state index contributed by atoms with van der Waals surface area (Å²) in [6.45, 7) is 1.10. The van der Waals surface area contributed by atoms with Crippen molar-refractivity contribution < 1.29 is 14.1 Å². The number of nitriles is 1. The van der Waals surface area contributed by atoms with E-state index in [2.05, 4.69) is 20.4 Å². The molecular formula is C15H15N5O3. The maximum Gasteiger partial charge on any atom is 0.255 e. The molecule has 0 spiro atoms. The van der Waals surface area contributed by atoms with Gasteiger partial charge in [0.05, 0.1) is 5.56 Å². The lowest BCUT2D eigenvalue weighted by atomic mass is 10.2. The standard InChI is InChI=1S/C15H15N5O3/c16-8-11-4-3-10(9-18-11)14(21)17-6-5-13-19-15(23-20-13)12-2-1-7-22-12/h3-4,9,12H,1-2,5-7H2,(H,17,21)/t12-/m1/s1. The molecular weight excluding hydrogens is 298 g/mol. The van der Waals surface area contributed by atoms with Gasteiger partial charge < -0.3 is 14.6 Å². The lowest BCUT2D eigenvalue weighted by Crippen LogP contribution is -2.26. The molecule has 1 aliphatic rings. The molecule has 2 aromatic rings. The average molecular weight is 313 g/mol. The fourth-order valence-corrected chi connectivity index (χ4v) is 2.26. The Hall–Kier alpha value is -2.79. The van der Waals surface area contributed by atoms with Crippen LogP contribution in [-0.4, -0.2) is 34.2 Å². The van der Waals surface area contributed by atoms with Gasteiger partial charge in [0, 0.05) is 25.8 Å². The molecule has 2 aromatic heterocycles. The number of aromatic nitrogens is 3. The Labute approximate surface area is 132 Å². The molecule has 1 aliphatic heterocycles. The molecule has 0 unspecified atom stereocenters. The van der Waals surface area contributed by atoms with Crippen LogP contribution in [0.2, 0.25) is 0 Å². The molecule has 1 fully saturated rings. The number of rotatable bonds is 5. The summed E-state index contributed by atoms with van der Waals surface area (Å²) in [7, 11) is 0. The fraction of sp³-hybridized carbons (Fsp3) is 0.400. The van der Waals surface area contributed by atoms with Crippen molar-refractivity contribution >= 4 is 5.91 Å². The normalized spacial score (nSPS) is 16.9. The molecule has 3 rings (SSSR count). The van der Waals surface area contributed by atoms with Crippen LogP contribution in [0.25, 0.3) is 0 Å². The van der Waals surface area contributed by atoms with Gasteiger partial charge in [-0.05, 0) is 25.0 Å². The van der Waals surface area contributed by atoms with E-state index in [1.165, 1.54) is 12.3 Å². The molecule has 3 heterocycles. The molecule has 118 valence electrons. The lowest BCUT2D eigenvalue weighted by molar-refractivity contribution is 0.0835. The van der Waals surface area contributed by atoms with Gasteiger partial charge in [0.2, 0.25) is 0 Å². The maximum atomic E-state index is 11.9. The number of amides is 1. The summed E-state index contributed by atoms with van der Waals surface area (Å²) in [5, 5.41) is 15.3. The van der Waals surface area contributed by atoms with E-state index in [1.54, 1.807) is 6.07 Å². The summed E-state index contributed by atoms with van der Waals surface area (Å²) in [5.74, 6) is 0.777. The Morgan fingerprint density at radius 2 is 2.39 bits per heavy atom. The highest BCUT2D eigenvalue weighted by Gasteiger charge is 2.23. The zero-order valence-corrected chi connectivity index (χ0v) is 12.4. The van der Waals surface area contributed by atoms with Gasteiger partial charge in [-0.3, -0.25) is 4.79 Å². The third-order valence-corrected chi connectivity index (χ3v) is 3.46. The quantitative estimate of drug-likeness (QED) is 0.880. The van der Waals surface area contributed by atoms with Crippen molar-refractivity contribution in [2.24, 2.45) is 0 Å². The molecule has 1 saturated heterocycles. The second-order valence-corrected chi connectivity index (χ2v) is 5.10. The van der Waals surface area contributed by atoms with Crippen LogP contribution in [0.1, 0.15) is 46.7 Å². The molecule has 1 N–H and O–H groups in total. The minimum absolute atomic E-state index is 0.101. The van der Waals surface area contributed by atoms with Gasteiger partial charge in [0.25, 0.3) is 11.8 Å². The molecule has 0 saturated carbocycles. The minimum Gasteiger partial charge on any atom is -0.368 e. The average Bonchev–Trinajstić information content (AvgIpc) is 3.26. The number of carbonyl (C=O) groups excluding carboxylic acids is 1. The Bertz CT molecular complexity index is 713. The van der Waals surface area contributed by atoms with E-state index in [0.29, 0.717) is 30.2 Å². The number of carbonyl (C=O) groups is 1. The van der Waals surface area contributed by atoms with Crippen molar-refractivity contribution in [3.63, 3.8) is 0 Å². The number of nitrogens with zero attached hydrogens (tertiary/aromatic N) is 4. The van der Waals surface area contributed by atoms with Crippen LogP contribution in [0.3, 0.4) is 0 Å². The number of ether oxygens (including phenoxy) is 1. The SMILES string of the molecule is N#Cc1ccc(C(=O)NCCc2noc([C@H]3CCCO3)n2)cn1. The van der Waals surface area contributed by atoms with Crippen molar-refractivity contribution in [2.45, 2.75) is 25.4 Å². The van der Waals surface area contributed by atoms with Crippen LogP contribution in [0.5, 0.6) is 0 Å². The molecule has 0 radical (unpaired) electrons. The van der Waals surface area contributed by atoms with Gasteiger partial charge in [0.15, 0.2) is 5.82 Å². The number of nitrogens with one attached hydrogen (secondary N) is 1. The zero-order valence-electron chi connectivity index (χ0n) is 12.4. The van der Waals surface area contributed by atoms with Crippen LogP contribution < -0.4 is 5.32 Å². The Morgan fingerprint density at radius 3 is 3.09 bits per heavy atom. The van der Waals surface area contributed by atoms with Gasteiger partial charge in [-0.15, -0.1) is 0 Å². The zero-order chi connectivity index (χ0) is 16.1. The number of pyridine rings is 1. The van der Waals surface area contributed by atoms with Gasteiger partial charge in [0.1, 0.15) is 17.9 Å². The Kier molecular flexibility index (Phi) is 4.59. The van der Waals surface area contributed by atoms with E-state index < -0.39 is 0 Å². The molecule has 1 atom stereocenters. The molecule has 1 amide bonds. The molecule has 0 aromatic carbocycles. The monoisotopic (exact) mass is 313 g/mol. The van der Waals surface area contributed by atoms with E-state index >= 15 is 0 Å². The summed E-state index contributed by atoms with van der Waals surface area (Å²) in [6.07, 6.45) is 3.63. The summed E-state index contributed by atoms with van der Waals surface area (Å²) < 4.78 is 10.7. The third-order valence-electron chi connectivity index (χ3n) is 3.46. The van der Waals surface area contributed by atoms with Crippen LogP contribution in [0.4, 0.5) is 0 Å². The largest absolute Gasteiger partial charge is 0.368 e. The minimum atomic E-state index is -0.259. The van der Waals surface area contributed by atoms with Crippen LogP contribution in [0, 0.1) is 11.3 Å². The predicted octanol–water partition coefficient (Wildman–Crippen LogP) is 1.16. The van der Waals surface area contributed by atoms with Crippen molar-refractivity contribution in [1.82, 2.24) is 20.4 Å². The third kappa shape index (κ3) is 3.70. The van der Waals surface area contributed by atoms with Crippen molar-refractivity contribution in [1.29, 1.82) is 5.26 Å². The van der Waals surface area contributed by atoms with E-state index in [-0.39, 0.29) is 17.7 Å². The van der Waals surface area contributed by atoms with Crippen LogP contribution in [0.15, 0.2) is 22.9 Å². The summed E-state index contributed by atoms with van der Waals surface area (Å²) >= 11 is 0. The first kappa shape index (κ1) is 15.1. The van der Waals surface area contributed by atoms with E-state index in [0.717, 1.165) is 19.4 Å². The maximum absolute atomic E-state index is 11.9. The Balaban J connectivity index is 1.48. The highest BCUT2D eigenvalue weighted by Crippen LogP contribution is 2.26. The fourth-order valence-electron chi connectivity index (χ4n) is 2.26. The second-order valence-electron chi connectivity index (χ2n) is 5.10. The van der Waals surface area contributed by atoms with Crippen LogP contribution in [-0.2, 0) is 11.2 Å². The van der Waals surface area contributed by atoms with Gasteiger partial charge >= 0.3 is 0 Å². The van der Waals surface area contributed by atoms with Gasteiger partial charge in [-0.25, -0.2) is 4.98 Å². The predicted molar refractivity (Wildman–Crippen MR) is 77.2 cm³/mol. The summed E-state index contributed by atoms with van der Waals surface area (Å²) in [6, 6.07) is 4.97. The summed E-state index contributed by atoms with van der Waals surface area (Å²) in [4.78, 5) is 20.1. The van der Waals surface area contributed by atoms with E-state index in [9.17, 15) is 4.79 Å². The van der Waals surface area contributed by atoms with E-state index in [4.69, 9.17) is 14.5 Å². The first-order chi connectivity index (χ1) is 11.3. The first-order valence-electron chi connectivity index (χ1n) is 7.34. The molecule has 8 nitrogen and oxygen atoms in total. The molecule has 0 bridgehead atoms. The lowest BCUT2D eigenvalue weighted by Gasteiger charge is -2.03. The highest BCUT2D eigenvalue weighted by molar-refractivity contribution is 5.93. The smallest absolute Gasteiger partial charge is 0.255 e. The summed E-state index contributed by atoms with van der Waals surface area (Å²) in [5.41, 5.74) is 0.673. The highest BCUT2D eigenvalue weighted by atomic mass is 16.5. The van der Waals surface area contributed by atoms with Crippen molar-refractivity contribution in [2.75, 3.05) is 13.2 Å². The number of hydrogen-bond donors (Lipinski definition) is 1. The van der Waals surface area contributed by atoms with Crippen molar-refractivity contribution in [3.8, 4) is 6.07 Å². The van der Waals surface area contributed by atoms with Gasteiger partial charge in [-0.2, -0.15) is 10.2 Å². The number of hydrogen-bond acceptors (Lipinski definition) is 7. The first-order valence-corrected chi connectivity index (χ1v) is 7.34. The second kappa shape index (κ2) is 6.98. The van der Waals surface area contributed by atoms with E-state index in [1.807, 2.05) is 6.07 Å². The molecule has 8 heteroatoms. The molecule has 23 heavy (non-hydrogen) atoms. The topological polar surface area (TPSA) is 114 Å². The Morgan fingerprint density at radius 1 is 1.48 bits per heavy atom. The van der Waals surface area contributed by atoms with Gasteiger partial charge in [-0.1, -0.05) is 5.16 Å². The molecule has 0 aliphatic carbocycles. The van der Waals surface area contributed by atoms with Crippen LogP contribution >= 0.6 is 0 Å².